The Morgan fingerprint density at radius 2 is 2.06 bits per heavy atom. The SMILES string of the molecule is C=C(C)c1c(C)ccc(CNC(C)=O)c1F. The van der Waals surface area contributed by atoms with Gasteiger partial charge in [-0.15, -0.1) is 0 Å². The lowest BCUT2D eigenvalue weighted by atomic mass is 9.99. The van der Waals surface area contributed by atoms with E-state index in [2.05, 4.69) is 11.9 Å². The van der Waals surface area contributed by atoms with Gasteiger partial charge in [0.05, 0.1) is 0 Å². The molecule has 0 spiro atoms. The van der Waals surface area contributed by atoms with Crippen LogP contribution in [-0.4, -0.2) is 5.91 Å². The number of rotatable bonds is 3. The van der Waals surface area contributed by atoms with Gasteiger partial charge in [0.25, 0.3) is 0 Å². The van der Waals surface area contributed by atoms with Crippen molar-refractivity contribution in [2.24, 2.45) is 0 Å². The van der Waals surface area contributed by atoms with Crippen LogP contribution in [0.1, 0.15) is 30.5 Å². The monoisotopic (exact) mass is 221 g/mol. The van der Waals surface area contributed by atoms with Crippen molar-refractivity contribution in [3.05, 3.63) is 41.2 Å². The molecule has 0 aliphatic carbocycles. The summed E-state index contributed by atoms with van der Waals surface area (Å²) >= 11 is 0. The van der Waals surface area contributed by atoms with Crippen LogP contribution in [0.15, 0.2) is 18.7 Å². The predicted molar refractivity (Wildman–Crippen MR) is 63.4 cm³/mol. The molecule has 0 aromatic heterocycles. The highest BCUT2D eigenvalue weighted by molar-refractivity contribution is 5.73. The van der Waals surface area contributed by atoms with Crippen LogP contribution in [-0.2, 0) is 11.3 Å². The van der Waals surface area contributed by atoms with E-state index >= 15 is 0 Å². The molecule has 1 N–H and O–H groups in total. The van der Waals surface area contributed by atoms with Crippen LogP contribution in [0.25, 0.3) is 5.57 Å². The molecule has 0 saturated carbocycles. The van der Waals surface area contributed by atoms with Gasteiger partial charge in [-0.05, 0) is 25.0 Å². The molecule has 0 heterocycles. The van der Waals surface area contributed by atoms with Crippen molar-refractivity contribution >= 4 is 11.5 Å². The molecular formula is C13H16FNO. The van der Waals surface area contributed by atoms with Gasteiger partial charge in [0.15, 0.2) is 0 Å². The minimum Gasteiger partial charge on any atom is -0.352 e. The summed E-state index contributed by atoms with van der Waals surface area (Å²) in [5.74, 6) is -0.460. The smallest absolute Gasteiger partial charge is 0.217 e. The number of carbonyl (C=O) groups excluding carboxylic acids is 1. The van der Waals surface area contributed by atoms with Crippen LogP contribution < -0.4 is 5.32 Å². The Hall–Kier alpha value is -1.64. The number of benzene rings is 1. The zero-order valence-corrected chi connectivity index (χ0v) is 9.86. The normalized spacial score (nSPS) is 10.0. The number of nitrogens with one attached hydrogen (secondary N) is 1. The fraction of sp³-hybridized carbons (Fsp3) is 0.308. The highest BCUT2D eigenvalue weighted by atomic mass is 19.1. The third-order valence-electron chi connectivity index (χ3n) is 2.38. The highest BCUT2D eigenvalue weighted by Gasteiger charge is 2.11. The second-order valence-corrected chi connectivity index (χ2v) is 3.92. The minimum absolute atomic E-state index is 0.170. The Morgan fingerprint density at radius 1 is 1.44 bits per heavy atom. The van der Waals surface area contributed by atoms with Crippen LogP contribution in [0, 0.1) is 12.7 Å². The molecule has 1 aromatic rings. The topological polar surface area (TPSA) is 29.1 Å². The van der Waals surface area contributed by atoms with Crippen LogP contribution in [0.4, 0.5) is 4.39 Å². The number of carbonyl (C=O) groups is 1. The Labute approximate surface area is 95.2 Å². The van der Waals surface area contributed by atoms with E-state index in [4.69, 9.17) is 0 Å². The van der Waals surface area contributed by atoms with E-state index in [0.717, 1.165) is 5.56 Å². The van der Waals surface area contributed by atoms with Crippen molar-refractivity contribution in [3.8, 4) is 0 Å². The summed E-state index contributed by atoms with van der Waals surface area (Å²) in [6.45, 7) is 8.99. The lowest BCUT2D eigenvalue weighted by Crippen LogP contribution is -2.20. The van der Waals surface area contributed by atoms with Crippen LogP contribution in [0.2, 0.25) is 0 Å². The number of aryl methyl sites for hydroxylation is 1. The van der Waals surface area contributed by atoms with Crippen molar-refractivity contribution in [2.75, 3.05) is 0 Å². The molecule has 0 aliphatic heterocycles. The van der Waals surface area contributed by atoms with Crippen LogP contribution in [0.5, 0.6) is 0 Å². The summed E-state index contributed by atoms with van der Waals surface area (Å²) < 4.78 is 14.0. The molecule has 1 amide bonds. The second kappa shape index (κ2) is 4.92. The minimum atomic E-state index is -0.291. The molecule has 0 fully saturated rings. The van der Waals surface area contributed by atoms with Crippen molar-refractivity contribution in [3.63, 3.8) is 0 Å². The average molecular weight is 221 g/mol. The fourth-order valence-electron chi connectivity index (χ4n) is 1.60. The van der Waals surface area contributed by atoms with Gasteiger partial charge >= 0.3 is 0 Å². The Bertz CT molecular complexity index is 438. The van der Waals surface area contributed by atoms with E-state index in [0.29, 0.717) is 16.7 Å². The van der Waals surface area contributed by atoms with Crippen molar-refractivity contribution in [1.29, 1.82) is 0 Å². The molecule has 0 saturated heterocycles. The Kier molecular flexibility index (Phi) is 3.82. The maximum absolute atomic E-state index is 14.0. The summed E-state index contributed by atoms with van der Waals surface area (Å²) in [7, 11) is 0. The third-order valence-corrected chi connectivity index (χ3v) is 2.38. The summed E-state index contributed by atoms with van der Waals surface area (Å²) in [6, 6.07) is 3.53. The average Bonchev–Trinajstić information content (AvgIpc) is 2.15. The van der Waals surface area contributed by atoms with Gasteiger partial charge in [0.2, 0.25) is 5.91 Å². The molecular weight excluding hydrogens is 205 g/mol. The number of amides is 1. The molecule has 0 atom stereocenters. The molecule has 86 valence electrons. The molecule has 1 rings (SSSR count). The van der Waals surface area contributed by atoms with Crippen molar-refractivity contribution in [1.82, 2.24) is 5.32 Å². The predicted octanol–water partition coefficient (Wildman–Crippen LogP) is 2.80. The zero-order valence-electron chi connectivity index (χ0n) is 9.86. The lowest BCUT2D eigenvalue weighted by molar-refractivity contribution is -0.119. The van der Waals surface area contributed by atoms with E-state index in [1.807, 2.05) is 13.0 Å². The van der Waals surface area contributed by atoms with Crippen LogP contribution in [0.3, 0.4) is 0 Å². The third kappa shape index (κ3) is 2.69. The first-order valence-electron chi connectivity index (χ1n) is 5.11. The number of allylic oxidation sites excluding steroid dienone is 1. The maximum atomic E-state index is 14.0. The van der Waals surface area contributed by atoms with E-state index in [1.165, 1.54) is 6.92 Å². The van der Waals surface area contributed by atoms with E-state index < -0.39 is 0 Å². The van der Waals surface area contributed by atoms with Crippen molar-refractivity contribution in [2.45, 2.75) is 27.3 Å². The van der Waals surface area contributed by atoms with Gasteiger partial charge in [0, 0.05) is 24.6 Å². The fourth-order valence-corrected chi connectivity index (χ4v) is 1.60. The zero-order chi connectivity index (χ0) is 12.3. The lowest BCUT2D eigenvalue weighted by Gasteiger charge is -2.11. The number of hydrogen-bond donors (Lipinski definition) is 1. The standard InChI is InChI=1S/C13H16FNO/c1-8(2)12-9(3)5-6-11(13(12)14)7-15-10(4)16/h5-6H,1,7H2,2-4H3,(H,15,16). The van der Waals surface area contributed by atoms with Crippen molar-refractivity contribution < 1.29 is 9.18 Å². The van der Waals surface area contributed by atoms with Gasteiger partial charge < -0.3 is 5.32 Å². The Balaban J connectivity index is 3.08. The molecule has 3 heteroatoms. The Morgan fingerprint density at radius 3 is 2.56 bits per heavy atom. The van der Waals surface area contributed by atoms with Gasteiger partial charge in [-0.25, -0.2) is 4.39 Å². The molecule has 1 aromatic carbocycles. The number of hydrogen-bond acceptors (Lipinski definition) is 1. The molecule has 0 bridgehead atoms. The summed E-state index contributed by atoms with van der Waals surface area (Å²) in [6.07, 6.45) is 0. The van der Waals surface area contributed by atoms with Gasteiger partial charge in [-0.1, -0.05) is 18.7 Å². The van der Waals surface area contributed by atoms with E-state index in [-0.39, 0.29) is 18.3 Å². The molecule has 0 unspecified atom stereocenters. The van der Waals surface area contributed by atoms with E-state index in [1.54, 1.807) is 13.0 Å². The quantitative estimate of drug-likeness (QED) is 0.835. The number of halogens is 1. The van der Waals surface area contributed by atoms with E-state index in [9.17, 15) is 9.18 Å². The summed E-state index contributed by atoms with van der Waals surface area (Å²) in [5.41, 5.74) is 2.58. The largest absolute Gasteiger partial charge is 0.352 e. The molecule has 2 nitrogen and oxygen atoms in total. The summed E-state index contributed by atoms with van der Waals surface area (Å²) in [4.78, 5) is 10.8. The van der Waals surface area contributed by atoms with Gasteiger partial charge in [-0.2, -0.15) is 0 Å². The first kappa shape index (κ1) is 12.4. The van der Waals surface area contributed by atoms with Gasteiger partial charge in [0.1, 0.15) is 5.82 Å². The maximum Gasteiger partial charge on any atom is 0.217 e. The molecule has 16 heavy (non-hydrogen) atoms. The molecule has 0 aliphatic rings. The van der Waals surface area contributed by atoms with Gasteiger partial charge in [-0.3, -0.25) is 4.79 Å². The van der Waals surface area contributed by atoms with Crippen LogP contribution >= 0.6 is 0 Å². The first-order chi connectivity index (χ1) is 7.43. The summed E-state index contributed by atoms with van der Waals surface area (Å²) in [5, 5.41) is 2.58. The second-order valence-electron chi connectivity index (χ2n) is 3.92. The highest BCUT2D eigenvalue weighted by Crippen LogP contribution is 2.23. The molecule has 0 radical (unpaired) electrons. The first-order valence-corrected chi connectivity index (χ1v) is 5.11.